The van der Waals surface area contributed by atoms with E-state index >= 15 is 0 Å². The van der Waals surface area contributed by atoms with Gasteiger partial charge in [0.1, 0.15) is 0 Å². The Bertz CT molecular complexity index is 624. The number of hydrogen-bond acceptors (Lipinski definition) is 6. The van der Waals surface area contributed by atoms with E-state index in [0.29, 0.717) is 12.8 Å². The van der Waals surface area contributed by atoms with Gasteiger partial charge in [-0.05, 0) is 31.7 Å². The van der Waals surface area contributed by atoms with Gasteiger partial charge in [-0.15, -0.1) is 0 Å². The molecule has 2 fully saturated rings. The summed E-state index contributed by atoms with van der Waals surface area (Å²) >= 11 is 0. The van der Waals surface area contributed by atoms with Crippen LogP contribution in [0, 0.1) is 10.1 Å². The van der Waals surface area contributed by atoms with Crippen molar-refractivity contribution in [1.29, 1.82) is 0 Å². The molecule has 1 aliphatic heterocycles. The van der Waals surface area contributed by atoms with Crippen molar-refractivity contribution in [2.45, 2.75) is 50.6 Å². The molecule has 2 aliphatic rings. The average molecular weight is 318 g/mol. The molecule has 1 aromatic rings. The van der Waals surface area contributed by atoms with Gasteiger partial charge in [0, 0.05) is 37.2 Å². The molecule has 2 heterocycles. The maximum atomic E-state index is 11.8. The lowest BCUT2D eigenvalue weighted by Crippen LogP contribution is -2.43. The Balaban J connectivity index is 1.61. The molecule has 0 unspecified atom stereocenters. The van der Waals surface area contributed by atoms with Crippen molar-refractivity contribution < 1.29 is 14.5 Å². The van der Waals surface area contributed by atoms with Gasteiger partial charge in [0.25, 0.3) is 0 Å². The smallest absolute Gasteiger partial charge is 0.311 e. The van der Waals surface area contributed by atoms with E-state index in [1.54, 1.807) is 0 Å². The summed E-state index contributed by atoms with van der Waals surface area (Å²) in [5.74, 6) is 0.118. The van der Waals surface area contributed by atoms with Crippen LogP contribution in [0.5, 0.6) is 0 Å². The zero-order chi connectivity index (χ0) is 16.4. The summed E-state index contributed by atoms with van der Waals surface area (Å²) in [5, 5.41) is 14.1. The summed E-state index contributed by atoms with van der Waals surface area (Å²) in [6.07, 6.45) is 5.08. The van der Waals surface area contributed by atoms with Gasteiger partial charge in [0.15, 0.2) is 0 Å². The van der Waals surface area contributed by atoms with Gasteiger partial charge >= 0.3 is 5.69 Å². The van der Waals surface area contributed by atoms with Crippen molar-refractivity contribution in [1.82, 2.24) is 9.88 Å². The second-order valence-corrected chi connectivity index (χ2v) is 5.94. The Hall–Kier alpha value is -2.51. The van der Waals surface area contributed by atoms with Gasteiger partial charge in [-0.3, -0.25) is 24.6 Å². The molecule has 3 rings (SSSR count). The SMILES string of the molecule is O=C1CCC(=O)N1C1CCC(Nc2ncccc2[N+](=O)[O-])CC1. The van der Waals surface area contributed by atoms with Crippen molar-refractivity contribution in [3.05, 3.63) is 28.4 Å². The molecule has 1 N–H and O–H groups in total. The van der Waals surface area contributed by atoms with Crippen molar-refractivity contribution in [2.75, 3.05) is 5.32 Å². The molecule has 1 aliphatic carbocycles. The fourth-order valence-corrected chi connectivity index (χ4v) is 3.33. The first kappa shape index (κ1) is 15.4. The molecule has 2 amide bonds. The minimum absolute atomic E-state index is 0.0331. The maximum absolute atomic E-state index is 11.8. The van der Waals surface area contributed by atoms with Gasteiger partial charge < -0.3 is 5.32 Å². The Labute approximate surface area is 133 Å². The maximum Gasteiger partial charge on any atom is 0.311 e. The largest absolute Gasteiger partial charge is 0.362 e. The second kappa shape index (κ2) is 6.31. The van der Waals surface area contributed by atoms with E-state index in [4.69, 9.17) is 0 Å². The molecule has 0 radical (unpaired) electrons. The van der Waals surface area contributed by atoms with Gasteiger partial charge in [0.2, 0.25) is 17.6 Å². The zero-order valence-electron chi connectivity index (χ0n) is 12.6. The topological polar surface area (TPSA) is 105 Å². The first-order chi connectivity index (χ1) is 11.1. The lowest BCUT2D eigenvalue weighted by molar-refractivity contribution is -0.384. The third kappa shape index (κ3) is 3.15. The number of hydrogen-bond donors (Lipinski definition) is 1. The highest BCUT2D eigenvalue weighted by molar-refractivity contribution is 6.02. The minimum Gasteiger partial charge on any atom is -0.362 e. The Kier molecular flexibility index (Phi) is 4.22. The number of aromatic nitrogens is 1. The summed E-state index contributed by atoms with van der Waals surface area (Å²) in [4.78, 5) is 39.6. The lowest BCUT2D eigenvalue weighted by Gasteiger charge is -2.33. The first-order valence-electron chi connectivity index (χ1n) is 7.77. The second-order valence-electron chi connectivity index (χ2n) is 5.94. The van der Waals surface area contributed by atoms with Crippen LogP contribution >= 0.6 is 0 Å². The van der Waals surface area contributed by atoms with Crippen LogP contribution in [0.3, 0.4) is 0 Å². The molecule has 0 aromatic carbocycles. The van der Waals surface area contributed by atoms with Crippen LogP contribution in [0.15, 0.2) is 18.3 Å². The molecule has 1 aromatic heterocycles. The van der Waals surface area contributed by atoms with Gasteiger partial charge in [0.05, 0.1) is 4.92 Å². The third-order valence-electron chi connectivity index (χ3n) is 4.48. The van der Waals surface area contributed by atoms with E-state index in [0.717, 1.165) is 25.7 Å². The molecule has 1 saturated heterocycles. The number of nitrogens with zero attached hydrogens (tertiary/aromatic N) is 3. The minimum atomic E-state index is -0.456. The van der Waals surface area contributed by atoms with Crippen LogP contribution in [0.4, 0.5) is 11.5 Å². The number of imide groups is 1. The number of likely N-dealkylation sites (tertiary alicyclic amines) is 1. The van der Waals surface area contributed by atoms with E-state index in [1.165, 1.54) is 23.2 Å². The third-order valence-corrected chi connectivity index (χ3v) is 4.48. The highest BCUT2D eigenvalue weighted by Crippen LogP contribution is 2.30. The summed E-state index contributed by atoms with van der Waals surface area (Å²) in [6.45, 7) is 0. The average Bonchev–Trinajstić information content (AvgIpc) is 2.87. The van der Waals surface area contributed by atoms with Crippen molar-refractivity contribution in [2.24, 2.45) is 0 Å². The quantitative estimate of drug-likeness (QED) is 0.516. The highest BCUT2D eigenvalue weighted by atomic mass is 16.6. The number of pyridine rings is 1. The van der Waals surface area contributed by atoms with E-state index in [9.17, 15) is 19.7 Å². The summed E-state index contributed by atoms with van der Waals surface area (Å²) < 4.78 is 0. The summed E-state index contributed by atoms with van der Waals surface area (Å²) in [6, 6.07) is 2.98. The zero-order valence-corrected chi connectivity index (χ0v) is 12.6. The number of carbonyl (C=O) groups is 2. The number of nitrogens with one attached hydrogen (secondary N) is 1. The van der Waals surface area contributed by atoms with E-state index in [-0.39, 0.29) is 35.4 Å². The molecule has 8 heteroatoms. The fourth-order valence-electron chi connectivity index (χ4n) is 3.33. The Morgan fingerprint density at radius 2 is 1.83 bits per heavy atom. The van der Waals surface area contributed by atoms with Crippen molar-refractivity contribution >= 4 is 23.3 Å². The van der Waals surface area contributed by atoms with Gasteiger partial charge in [-0.2, -0.15) is 0 Å². The van der Waals surface area contributed by atoms with Crippen LogP contribution in [-0.4, -0.2) is 38.7 Å². The fraction of sp³-hybridized carbons (Fsp3) is 0.533. The Morgan fingerprint density at radius 1 is 1.17 bits per heavy atom. The van der Waals surface area contributed by atoms with Gasteiger partial charge in [-0.1, -0.05) is 0 Å². The molecule has 122 valence electrons. The molecular weight excluding hydrogens is 300 g/mol. The van der Waals surface area contributed by atoms with Crippen LogP contribution < -0.4 is 5.32 Å². The van der Waals surface area contributed by atoms with Crippen molar-refractivity contribution in [3.63, 3.8) is 0 Å². The molecule has 0 spiro atoms. The normalized spacial score (nSPS) is 24.8. The highest BCUT2D eigenvalue weighted by Gasteiger charge is 2.37. The molecule has 0 atom stereocenters. The lowest BCUT2D eigenvalue weighted by atomic mass is 9.90. The van der Waals surface area contributed by atoms with E-state index in [1.807, 2.05) is 0 Å². The molecular formula is C15H18N4O4. The van der Waals surface area contributed by atoms with Crippen LogP contribution in [0.25, 0.3) is 0 Å². The molecule has 8 nitrogen and oxygen atoms in total. The van der Waals surface area contributed by atoms with Crippen molar-refractivity contribution in [3.8, 4) is 0 Å². The van der Waals surface area contributed by atoms with Crippen LogP contribution in [-0.2, 0) is 9.59 Å². The monoisotopic (exact) mass is 318 g/mol. The summed E-state index contributed by atoms with van der Waals surface area (Å²) in [7, 11) is 0. The first-order valence-corrected chi connectivity index (χ1v) is 7.77. The Morgan fingerprint density at radius 3 is 2.43 bits per heavy atom. The predicted octanol–water partition coefficient (Wildman–Crippen LogP) is 1.86. The number of rotatable bonds is 4. The van der Waals surface area contributed by atoms with E-state index in [2.05, 4.69) is 10.3 Å². The predicted molar refractivity (Wildman–Crippen MR) is 81.6 cm³/mol. The number of amides is 2. The standard InChI is InChI=1S/C15H18N4O4/c20-13-7-8-14(21)18(13)11-5-3-10(4-6-11)17-15-12(19(22)23)2-1-9-16-15/h1-2,9-11H,3-8H2,(H,16,17). The molecule has 23 heavy (non-hydrogen) atoms. The van der Waals surface area contributed by atoms with Crippen LogP contribution in [0.1, 0.15) is 38.5 Å². The molecule has 0 bridgehead atoms. The van der Waals surface area contributed by atoms with Gasteiger partial charge in [-0.25, -0.2) is 4.98 Å². The van der Waals surface area contributed by atoms with Crippen LogP contribution in [0.2, 0.25) is 0 Å². The number of carbonyl (C=O) groups excluding carboxylic acids is 2. The number of nitro groups is 1. The molecule has 1 saturated carbocycles. The van der Waals surface area contributed by atoms with E-state index < -0.39 is 4.92 Å². The number of anilines is 1. The summed E-state index contributed by atoms with van der Waals surface area (Å²) in [5.41, 5.74) is -0.0421.